The van der Waals surface area contributed by atoms with Crippen LogP contribution in [-0.2, 0) is 0 Å². The van der Waals surface area contributed by atoms with Gasteiger partial charge in [-0.2, -0.15) is 0 Å². The lowest BCUT2D eigenvalue weighted by Crippen LogP contribution is -2.12. The summed E-state index contributed by atoms with van der Waals surface area (Å²) in [7, 11) is 0. The highest BCUT2D eigenvalue weighted by atomic mass is 35.5. The third-order valence-electron chi connectivity index (χ3n) is 1.06. The molecule has 0 aliphatic heterocycles. The van der Waals surface area contributed by atoms with Gasteiger partial charge in [-0.15, -0.1) is 24.8 Å². The molecule has 0 spiro atoms. The predicted molar refractivity (Wildman–Crippen MR) is 54.2 cm³/mol. The van der Waals surface area contributed by atoms with Crippen molar-refractivity contribution in [1.29, 1.82) is 5.41 Å². The van der Waals surface area contributed by atoms with Crippen LogP contribution in [0.5, 0.6) is 0 Å². The van der Waals surface area contributed by atoms with Gasteiger partial charge in [-0.3, -0.25) is 10.4 Å². The van der Waals surface area contributed by atoms with Crippen molar-refractivity contribution >= 4 is 36.3 Å². The zero-order valence-electron chi connectivity index (χ0n) is 6.15. The van der Waals surface area contributed by atoms with E-state index in [0.717, 1.165) is 0 Å². The van der Waals surface area contributed by atoms with Gasteiger partial charge < -0.3 is 11.5 Å². The van der Waals surface area contributed by atoms with Crippen LogP contribution in [0.2, 0.25) is 0 Å². The second kappa shape index (κ2) is 5.62. The van der Waals surface area contributed by atoms with Crippen molar-refractivity contribution in [2.45, 2.75) is 0 Å². The number of nitrogens with two attached hydrogens (primary N) is 2. The average Bonchev–Trinajstić information content (AvgIpc) is 1.88. The SMILES string of the molecule is Cl.Cl.N=C(N)c1ccc(N)cn1. The summed E-state index contributed by atoms with van der Waals surface area (Å²) in [5.74, 6) is -0.0417. The lowest BCUT2D eigenvalue weighted by molar-refractivity contribution is 1.26. The van der Waals surface area contributed by atoms with Crippen molar-refractivity contribution in [2.24, 2.45) is 5.73 Å². The number of aromatic nitrogens is 1. The van der Waals surface area contributed by atoms with Gasteiger partial charge in [0.15, 0.2) is 0 Å². The van der Waals surface area contributed by atoms with Crippen LogP contribution in [-0.4, -0.2) is 10.8 Å². The quantitative estimate of drug-likeness (QED) is 0.471. The van der Waals surface area contributed by atoms with E-state index >= 15 is 0 Å². The minimum absolute atomic E-state index is 0. The third kappa shape index (κ3) is 3.41. The Morgan fingerprint density at radius 2 is 1.92 bits per heavy atom. The van der Waals surface area contributed by atoms with Crippen molar-refractivity contribution in [3.63, 3.8) is 0 Å². The molecule has 0 radical (unpaired) electrons. The fraction of sp³-hybridized carbons (Fsp3) is 0. The Labute approximate surface area is 82.7 Å². The standard InChI is InChI=1S/C6H8N4.2ClH/c7-4-1-2-5(6(8)9)10-3-4;;/h1-3H,7H2,(H3,8,9);2*1H. The molecule has 1 aromatic rings. The molecule has 68 valence electrons. The van der Waals surface area contributed by atoms with E-state index in [-0.39, 0.29) is 30.6 Å². The Morgan fingerprint density at radius 3 is 2.25 bits per heavy atom. The molecule has 0 fully saturated rings. The van der Waals surface area contributed by atoms with E-state index in [1.165, 1.54) is 6.20 Å². The normalized spacial score (nSPS) is 7.67. The largest absolute Gasteiger partial charge is 0.397 e. The summed E-state index contributed by atoms with van der Waals surface area (Å²) in [6.07, 6.45) is 1.47. The maximum Gasteiger partial charge on any atom is 0.141 e. The minimum Gasteiger partial charge on any atom is -0.397 e. The number of rotatable bonds is 1. The molecule has 1 rings (SSSR count). The van der Waals surface area contributed by atoms with Crippen LogP contribution >= 0.6 is 24.8 Å². The highest BCUT2D eigenvalue weighted by molar-refractivity contribution is 5.93. The first-order valence-electron chi connectivity index (χ1n) is 2.76. The lowest BCUT2D eigenvalue weighted by Gasteiger charge is -1.95. The predicted octanol–water partition coefficient (Wildman–Crippen LogP) is 0.791. The van der Waals surface area contributed by atoms with Crippen LogP contribution in [0, 0.1) is 5.41 Å². The molecule has 0 saturated carbocycles. The van der Waals surface area contributed by atoms with Gasteiger partial charge in [-0.25, -0.2) is 0 Å². The number of anilines is 1. The molecule has 4 nitrogen and oxygen atoms in total. The lowest BCUT2D eigenvalue weighted by atomic mass is 10.3. The molecule has 0 unspecified atom stereocenters. The molecule has 0 aliphatic carbocycles. The molecule has 0 atom stereocenters. The Kier molecular flexibility index (Phi) is 6.37. The van der Waals surface area contributed by atoms with Crippen LogP contribution in [0.4, 0.5) is 5.69 Å². The molecule has 0 aliphatic rings. The molecule has 0 aromatic carbocycles. The van der Waals surface area contributed by atoms with E-state index in [9.17, 15) is 0 Å². The zero-order chi connectivity index (χ0) is 7.56. The molecule has 12 heavy (non-hydrogen) atoms. The van der Waals surface area contributed by atoms with Gasteiger partial charge in [0, 0.05) is 0 Å². The smallest absolute Gasteiger partial charge is 0.141 e. The van der Waals surface area contributed by atoms with Gasteiger partial charge in [-0.05, 0) is 12.1 Å². The zero-order valence-corrected chi connectivity index (χ0v) is 7.78. The van der Waals surface area contributed by atoms with Gasteiger partial charge >= 0.3 is 0 Å². The summed E-state index contributed by atoms with van der Waals surface area (Å²) < 4.78 is 0. The summed E-state index contributed by atoms with van der Waals surface area (Å²) in [5, 5.41) is 6.98. The van der Waals surface area contributed by atoms with E-state index in [4.69, 9.17) is 16.9 Å². The number of nitrogens with one attached hydrogen (secondary N) is 1. The van der Waals surface area contributed by atoms with Crippen LogP contribution in [0.3, 0.4) is 0 Å². The number of hydrogen-bond acceptors (Lipinski definition) is 3. The molecule has 1 aromatic heterocycles. The molecule has 6 heteroatoms. The van der Waals surface area contributed by atoms with Crippen LogP contribution in [0.15, 0.2) is 18.3 Å². The molecule has 0 amide bonds. The molecular formula is C6H10Cl2N4. The van der Waals surface area contributed by atoms with Crippen molar-refractivity contribution in [1.82, 2.24) is 4.98 Å². The third-order valence-corrected chi connectivity index (χ3v) is 1.06. The second-order valence-corrected chi connectivity index (χ2v) is 1.89. The summed E-state index contributed by atoms with van der Waals surface area (Å²) in [5.41, 5.74) is 11.5. The van der Waals surface area contributed by atoms with E-state index in [2.05, 4.69) is 4.98 Å². The number of nitrogens with zero attached hydrogens (tertiary/aromatic N) is 1. The Balaban J connectivity index is 0. The maximum absolute atomic E-state index is 6.98. The van der Waals surface area contributed by atoms with Gasteiger partial charge in [0.05, 0.1) is 11.9 Å². The van der Waals surface area contributed by atoms with Crippen LogP contribution in [0.25, 0.3) is 0 Å². The van der Waals surface area contributed by atoms with Crippen molar-refractivity contribution < 1.29 is 0 Å². The van der Waals surface area contributed by atoms with Gasteiger partial charge in [0.25, 0.3) is 0 Å². The Hall–Kier alpha value is -1.00. The van der Waals surface area contributed by atoms with E-state index < -0.39 is 0 Å². The molecule has 1 heterocycles. The molecule has 5 N–H and O–H groups in total. The Morgan fingerprint density at radius 1 is 1.33 bits per heavy atom. The monoisotopic (exact) mass is 208 g/mol. The number of halogens is 2. The molecular weight excluding hydrogens is 199 g/mol. The fourth-order valence-electron chi connectivity index (χ4n) is 0.565. The van der Waals surface area contributed by atoms with Crippen molar-refractivity contribution in [3.05, 3.63) is 24.0 Å². The minimum atomic E-state index is -0.0417. The fourth-order valence-corrected chi connectivity index (χ4v) is 0.565. The van der Waals surface area contributed by atoms with Gasteiger partial charge in [0.2, 0.25) is 0 Å². The molecule has 0 bridgehead atoms. The highest BCUT2D eigenvalue weighted by Gasteiger charge is 1.94. The van der Waals surface area contributed by atoms with Crippen LogP contribution < -0.4 is 11.5 Å². The summed E-state index contributed by atoms with van der Waals surface area (Å²) in [6.45, 7) is 0. The first-order chi connectivity index (χ1) is 4.70. The summed E-state index contributed by atoms with van der Waals surface area (Å²) in [4.78, 5) is 3.80. The van der Waals surface area contributed by atoms with Crippen molar-refractivity contribution in [2.75, 3.05) is 5.73 Å². The topological polar surface area (TPSA) is 88.8 Å². The first kappa shape index (κ1) is 13.6. The number of hydrogen-bond donors (Lipinski definition) is 3. The first-order valence-corrected chi connectivity index (χ1v) is 2.76. The molecule has 0 saturated heterocycles. The van der Waals surface area contributed by atoms with E-state index in [0.29, 0.717) is 11.4 Å². The highest BCUT2D eigenvalue weighted by Crippen LogP contribution is 1.99. The van der Waals surface area contributed by atoms with Crippen molar-refractivity contribution in [3.8, 4) is 0 Å². The summed E-state index contributed by atoms with van der Waals surface area (Å²) in [6, 6.07) is 3.27. The number of pyridine rings is 1. The van der Waals surface area contributed by atoms with Crippen LogP contribution in [0.1, 0.15) is 5.69 Å². The maximum atomic E-state index is 6.98. The number of amidine groups is 1. The average molecular weight is 209 g/mol. The Bertz CT molecular complexity index is 246. The van der Waals surface area contributed by atoms with E-state index in [1.807, 2.05) is 0 Å². The van der Waals surface area contributed by atoms with Gasteiger partial charge in [-0.1, -0.05) is 0 Å². The summed E-state index contributed by atoms with van der Waals surface area (Å²) >= 11 is 0. The van der Waals surface area contributed by atoms with Gasteiger partial charge in [0.1, 0.15) is 11.5 Å². The second-order valence-electron chi connectivity index (χ2n) is 1.89. The number of nitrogen functional groups attached to an aromatic ring is 2. The van der Waals surface area contributed by atoms with E-state index in [1.54, 1.807) is 12.1 Å².